The number of ether oxygens (including phenoxy) is 2. The third kappa shape index (κ3) is 3.64. The van der Waals surface area contributed by atoms with Gasteiger partial charge in [-0.25, -0.2) is 4.79 Å². The van der Waals surface area contributed by atoms with E-state index in [0.29, 0.717) is 22.0 Å². The molecule has 1 amide bonds. The van der Waals surface area contributed by atoms with Crippen LogP contribution in [0.3, 0.4) is 0 Å². The van der Waals surface area contributed by atoms with Crippen molar-refractivity contribution in [1.29, 1.82) is 0 Å². The monoisotopic (exact) mass is 421 g/mol. The number of β-lactam (4-membered cyclic amide) rings is 1. The van der Waals surface area contributed by atoms with Crippen LogP contribution in [0.4, 0.5) is 5.69 Å². The number of halogens is 1. The van der Waals surface area contributed by atoms with E-state index in [1.165, 1.54) is 7.11 Å². The Bertz CT molecular complexity index is 1100. The second-order valence-corrected chi connectivity index (χ2v) is 7.49. The standard InChI is InChI=1S/C24H20ClNO4/c1-15-6-3-4-9-20(15)30-22-21(16-10-12-17(13-11-16)24(28)29-2)26(23(22)27)19-8-5-7-18(25)14-19/h3-14,21-22H,1-2H3/t21-,22+/m1/s1. The van der Waals surface area contributed by atoms with Gasteiger partial charge in [-0.3, -0.25) is 9.69 Å². The van der Waals surface area contributed by atoms with Crippen molar-refractivity contribution in [3.63, 3.8) is 0 Å². The van der Waals surface area contributed by atoms with Crippen LogP contribution in [0, 0.1) is 6.92 Å². The second kappa shape index (κ2) is 8.20. The van der Waals surface area contributed by atoms with Crippen molar-refractivity contribution in [2.75, 3.05) is 12.0 Å². The van der Waals surface area contributed by atoms with Gasteiger partial charge in [0.05, 0.1) is 12.7 Å². The lowest BCUT2D eigenvalue weighted by atomic mass is 9.89. The first-order valence-electron chi connectivity index (χ1n) is 9.49. The van der Waals surface area contributed by atoms with Gasteiger partial charge < -0.3 is 9.47 Å². The first kappa shape index (κ1) is 20.0. The zero-order chi connectivity index (χ0) is 21.3. The van der Waals surface area contributed by atoms with Crippen molar-refractivity contribution >= 4 is 29.2 Å². The zero-order valence-electron chi connectivity index (χ0n) is 16.5. The minimum Gasteiger partial charge on any atom is -0.478 e. The van der Waals surface area contributed by atoms with E-state index in [9.17, 15) is 9.59 Å². The highest BCUT2D eigenvalue weighted by Crippen LogP contribution is 2.42. The molecule has 1 saturated heterocycles. The van der Waals surface area contributed by atoms with Gasteiger partial charge in [0, 0.05) is 10.7 Å². The molecule has 0 aromatic heterocycles. The Morgan fingerprint density at radius 2 is 1.73 bits per heavy atom. The van der Waals surface area contributed by atoms with Gasteiger partial charge in [-0.2, -0.15) is 0 Å². The molecule has 2 atom stereocenters. The number of amides is 1. The van der Waals surface area contributed by atoms with Gasteiger partial charge in [-0.15, -0.1) is 0 Å². The topological polar surface area (TPSA) is 55.8 Å². The van der Waals surface area contributed by atoms with E-state index in [1.54, 1.807) is 35.2 Å². The molecule has 5 nitrogen and oxygen atoms in total. The smallest absolute Gasteiger partial charge is 0.337 e. The van der Waals surface area contributed by atoms with Crippen molar-refractivity contribution in [3.05, 3.63) is 94.5 Å². The van der Waals surface area contributed by atoms with Crippen LogP contribution in [-0.2, 0) is 9.53 Å². The van der Waals surface area contributed by atoms with Gasteiger partial charge in [0.1, 0.15) is 11.8 Å². The van der Waals surface area contributed by atoms with E-state index in [4.69, 9.17) is 21.1 Å². The number of rotatable bonds is 5. The van der Waals surface area contributed by atoms with Crippen LogP contribution in [0.25, 0.3) is 0 Å². The SMILES string of the molecule is COC(=O)c1ccc([C@@H]2[C@H](Oc3ccccc3C)C(=O)N2c2cccc(Cl)c2)cc1. The molecule has 1 fully saturated rings. The van der Waals surface area contributed by atoms with Crippen molar-refractivity contribution < 1.29 is 19.1 Å². The molecule has 0 spiro atoms. The molecule has 0 saturated carbocycles. The Hall–Kier alpha value is -3.31. The second-order valence-electron chi connectivity index (χ2n) is 7.05. The lowest BCUT2D eigenvalue weighted by molar-refractivity contribution is -0.135. The van der Waals surface area contributed by atoms with Crippen molar-refractivity contribution in [1.82, 2.24) is 0 Å². The fourth-order valence-corrected chi connectivity index (χ4v) is 3.76. The fourth-order valence-electron chi connectivity index (χ4n) is 3.57. The number of carbonyl (C=O) groups excluding carboxylic acids is 2. The first-order chi connectivity index (χ1) is 14.5. The van der Waals surface area contributed by atoms with Crippen LogP contribution in [0.1, 0.15) is 27.5 Å². The van der Waals surface area contributed by atoms with E-state index in [2.05, 4.69) is 0 Å². The van der Waals surface area contributed by atoms with Crippen molar-refractivity contribution in [2.24, 2.45) is 0 Å². The summed E-state index contributed by atoms with van der Waals surface area (Å²) in [6.45, 7) is 1.94. The van der Waals surface area contributed by atoms with Gasteiger partial charge in [0.25, 0.3) is 5.91 Å². The minimum atomic E-state index is -0.686. The molecule has 3 aromatic rings. The maximum absolute atomic E-state index is 13.1. The number of methoxy groups -OCH3 is 1. The molecule has 0 N–H and O–H groups in total. The molecule has 0 radical (unpaired) electrons. The Kier molecular flexibility index (Phi) is 5.46. The van der Waals surface area contributed by atoms with Gasteiger partial charge in [-0.1, -0.05) is 48.0 Å². The number of aryl methyl sites for hydroxylation is 1. The number of carbonyl (C=O) groups is 2. The summed E-state index contributed by atoms with van der Waals surface area (Å²) in [4.78, 5) is 26.5. The number of anilines is 1. The number of esters is 1. The summed E-state index contributed by atoms with van der Waals surface area (Å²) in [6.07, 6.45) is -0.686. The van der Waals surface area contributed by atoms with Gasteiger partial charge in [-0.05, 0) is 54.4 Å². The molecule has 1 aliphatic heterocycles. The normalized spacial score (nSPS) is 18.0. The Morgan fingerprint density at radius 3 is 2.40 bits per heavy atom. The summed E-state index contributed by atoms with van der Waals surface area (Å²) < 4.78 is 10.9. The Morgan fingerprint density at radius 1 is 1.00 bits per heavy atom. The van der Waals surface area contributed by atoms with Gasteiger partial charge in [0.2, 0.25) is 6.10 Å². The molecule has 4 rings (SSSR count). The molecule has 0 unspecified atom stereocenters. The Balaban J connectivity index is 1.70. The molecule has 3 aromatic carbocycles. The van der Waals surface area contributed by atoms with E-state index in [1.807, 2.05) is 49.4 Å². The highest BCUT2D eigenvalue weighted by atomic mass is 35.5. The number of para-hydroxylation sites is 1. The van der Waals surface area contributed by atoms with Crippen LogP contribution >= 0.6 is 11.6 Å². The third-order valence-corrected chi connectivity index (χ3v) is 5.39. The van der Waals surface area contributed by atoms with Crippen LogP contribution in [-0.4, -0.2) is 25.1 Å². The van der Waals surface area contributed by atoms with Crippen LogP contribution in [0.2, 0.25) is 5.02 Å². The minimum absolute atomic E-state index is 0.150. The molecular formula is C24H20ClNO4. The number of benzene rings is 3. The Labute approximate surface area is 179 Å². The molecule has 0 bridgehead atoms. The highest BCUT2D eigenvalue weighted by molar-refractivity contribution is 6.31. The van der Waals surface area contributed by atoms with E-state index in [0.717, 1.165) is 11.1 Å². The van der Waals surface area contributed by atoms with Crippen LogP contribution in [0.15, 0.2) is 72.8 Å². The van der Waals surface area contributed by atoms with Gasteiger partial charge in [0.15, 0.2) is 0 Å². The predicted octanol–water partition coefficient (Wildman–Crippen LogP) is 4.97. The molecule has 1 aliphatic rings. The van der Waals surface area contributed by atoms with E-state index < -0.39 is 12.1 Å². The van der Waals surface area contributed by atoms with E-state index >= 15 is 0 Å². The van der Waals surface area contributed by atoms with Crippen molar-refractivity contribution in [3.8, 4) is 5.75 Å². The largest absolute Gasteiger partial charge is 0.478 e. The number of hydrogen-bond donors (Lipinski definition) is 0. The molecule has 152 valence electrons. The molecule has 6 heteroatoms. The quantitative estimate of drug-likeness (QED) is 0.431. The third-order valence-electron chi connectivity index (χ3n) is 5.15. The average Bonchev–Trinajstić information content (AvgIpc) is 2.76. The van der Waals surface area contributed by atoms with Crippen LogP contribution in [0.5, 0.6) is 5.75 Å². The fraction of sp³-hybridized carbons (Fsp3) is 0.167. The summed E-state index contributed by atoms with van der Waals surface area (Å²) >= 11 is 6.15. The number of nitrogens with zero attached hydrogens (tertiary/aromatic N) is 1. The summed E-state index contributed by atoms with van der Waals surface area (Å²) in [6, 6.07) is 21.4. The summed E-state index contributed by atoms with van der Waals surface area (Å²) in [5.74, 6) is 0.103. The van der Waals surface area contributed by atoms with Crippen molar-refractivity contribution in [2.45, 2.75) is 19.1 Å². The highest BCUT2D eigenvalue weighted by Gasteiger charge is 2.51. The molecule has 0 aliphatic carbocycles. The lowest BCUT2D eigenvalue weighted by Gasteiger charge is -2.46. The summed E-state index contributed by atoms with van der Waals surface area (Å²) in [5, 5.41) is 0.545. The molecule has 1 heterocycles. The maximum atomic E-state index is 13.1. The summed E-state index contributed by atoms with van der Waals surface area (Å²) in [7, 11) is 1.34. The first-order valence-corrected chi connectivity index (χ1v) is 9.86. The van der Waals surface area contributed by atoms with Gasteiger partial charge >= 0.3 is 5.97 Å². The number of hydrogen-bond acceptors (Lipinski definition) is 4. The maximum Gasteiger partial charge on any atom is 0.337 e. The van der Waals surface area contributed by atoms with Crippen LogP contribution < -0.4 is 9.64 Å². The molecule has 30 heavy (non-hydrogen) atoms. The lowest BCUT2D eigenvalue weighted by Crippen LogP contribution is -2.61. The average molecular weight is 422 g/mol. The predicted molar refractivity (Wildman–Crippen MR) is 115 cm³/mol. The molecular weight excluding hydrogens is 402 g/mol. The summed E-state index contributed by atoms with van der Waals surface area (Å²) in [5.41, 5.74) is 2.93. The zero-order valence-corrected chi connectivity index (χ0v) is 17.3. The van der Waals surface area contributed by atoms with E-state index in [-0.39, 0.29) is 11.9 Å².